The van der Waals surface area contributed by atoms with Gasteiger partial charge in [-0.1, -0.05) is 6.08 Å². The standard InChI is InChI=1S/C6H7N3/c1-2-6-4-7-5-9(6)8-3-1/h1-3,5-6H,4H2. The minimum atomic E-state index is 0.398. The molecule has 3 heteroatoms. The Balaban J connectivity index is 2.25. The molecule has 0 radical (unpaired) electrons. The van der Waals surface area contributed by atoms with Gasteiger partial charge in [-0.15, -0.1) is 0 Å². The summed E-state index contributed by atoms with van der Waals surface area (Å²) in [6.45, 7) is 0.855. The fourth-order valence-corrected chi connectivity index (χ4v) is 0.966. The van der Waals surface area contributed by atoms with Crippen molar-refractivity contribution in [1.82, 2.24) is 5.01 Å². The molecule has 0 saturated carbocycles. The molecule has 0 aromatic carbocycles. The lowest BCUT2D eigenvalue weighted by Crippen LogP contribution is -2.26. The maximum atomic E-state index is 4.06. The zero-order valence-electron chi connectivity index (χ0n) is 4.94. The summed E-state index contributed by atoms with van der Waals surface area (Å²) in [5.74, 6) is 0. The lowest BCUT2D eigenvalue weighted by atomic mass is 10.2. The molecule has 3 nitrogen and oxygen atoms in total. The molecule has 2 aliphatic heterocycles. The van der Waals surface area contributed by atoms with E-state index in [-0.39, 0.29) is 0 Å². The van der Waals surface area contributed by atoms with E-state index in [4.69, 9.17) is 0 Å². The van der Waals surface area contributed by atoms with Gasteiger partial charge in [0.25, 0.3) is 0 Å². The largest absolute Gasteiger partial charge is 0.271 e. The Morgan fingerprint density at radius 2 is 2.56 bits per heavy atom. The van der Waals surface area contributed by atoms with Crippen molar-refractivity contribution < 1.29 is 0 Å². The molecule has 2 heterocycles. The van der Waals surface area contributed by atoms with Crippen LogP contribution in [-0.2, 0) is 0 Å². The number of aliphatic imine (C=N–C) groups is 1. The highest BCUT2D eigenvalue weighted by atomic mass is 15.5. The summed E-state index contributed by atoms with van der Waals surface area (Å²) in [5.41, 5.74) is 0. The first-order valence-corrected chi connectivity index (χ1v) is 2.96. The molecular weight excluding hydrogens is 114 g/mol. The summed E-state index contributed by atoms with van der Waals surface area (Å²) in [6.07, 6.45) is 7.59. The van der Waals surface area contributed by atoms with Gasteiger partial charge in [0, 0.05) is 6.21 Å². The fourth-order valence-electron chi connectivity index (χ4n) is 0.966. The van der Waals surface area contributed by atoms with Crippen LogP contribution in [0.25, 0.3) is 0 Å². The third-order valence-corrected chi connectivity index (χ3v) is 1.45. The molecule has 0 fully saturated rings. The van der Waals surface area contributed by atoms with Gasteiger partial charge in [0.1, 0.15) is 6.34 Å². The smallest absolute Gasteiger partial charge is 0.107 e. The van der Waals surface area contributed by atoms with Crippen molar-refractivity contribution in [2.75, 3.05) is 6.54 Å². The third kappa shape index (κ3) is 0.650. The van der Waals surface area contributed by atoms with E-state index in [0.717, 1.165) is 6.54 Å². The molecule has 2 aliphatic rings. The topological polar surface area (TPSA) is 28.0 Å². The maximum absolute atomic E-state index is 4.06. The predicted molar refractivity (Wildman–Crippen MR) is 36.6 cm³/mol. The second-order valence-electron chi connectivity index (χ2n) is 2.08. The molecule has 0 spiro atoms. The van der Waals surface area contributed by atoms with E-state index in [1.54, 1.807) is 12.6 Å². The number of hydrazone groups is 1. The molecule has 0 bridgehead atoms. The summed E-state index contributed by atoms with van der Waals surface area (Å²) in [7, 11) is 0. The highest BCUT2D eigenvalue weighted by Gasteiger charge is 2.17. The zero-order valence-corrected chi connectivity index (χ0v) is 4.94. The minimum absolute atomic E-state index is 0.398. The van der Waals surface area contributed by atoms with Gasteiger partial charge in [0.05, 0.1) is 12.6 Å². The minimum Gasteiger partial charge on any atom is -0.271 e. The van der Waals surface area contributed by atoms with Crippen LogP contribution in [0.5, 0.6) is 0 Å². The van der Waals surface area contributed by atoms with Gasteiger partial charge in [-0.05, 0) is 6.08 Å². The van der Waals surface area contributed by atoms with Gasteiger partial charge in [0.15, 0.2) is 0 Å². The van der Waals surface area contributed by atoms with E-state index in [1.807, 2.05) is 11.1 Å². The van der Waals surface area contributed by atoms with Crippen LogP contribution in [0.3, 0.4) is 0 Å². The van der Waals surface area contributed by atoms with Crippen LogP contribution < -0.4 is 0 Å². The van der Waals surface area contributed by atoms with Crippen molar-refractivity contribution in [3.05, 3.63) is 12.2 Å². The number of nitrogens with zero attached hydrogens (tertiary/aromatic N) is 3. The van der Waals surface area contributed by atoms with Crippen molar-refractivity contribution in [2.45, 2.75) is 6.04 Å². The summed E-state index contributed by atoms with van der Waals surface area (Å²) in [6, 6.07) is 0.398. The average Bonchev–Trinajstić information content (AvgIpc) is 2.33. The molecule has 0 saturated heterocycles. The van der Waals surface area contributed by atoms with Crippen LogP contribution in [-0.4, -0.2) is 30.1 Å². The molecule has 0 amide bonds. The van der Waals surface area contributed by atoms with Crippen molar-refractivity contribution in [1.29, 1.82) is 0 Å². The SMILES string of the molecule is C1=CC2CN=CN2N=C1. The second kappa shape index (κ2) is 1.69. The first-order valence-electron chi connectivity index (χ1n) is 2.96. The summed E-state index contributed by atoms with van der Waals surface area (Å²) in [5, 5.41) is 5.92. The van der Waals surface area contributed by atoms with E-state index >= 15 is 0 Å². The lowest BCUT2D eigenvalue weighted by Gasteiger charge is -2.16. The van der Waals surface area contributed by atoms with Crippen LogP contribution in [0.15, 0.2) is 22.2 Å². The van der Waals surface area contributed by atoms with Crippen LogP contribution in [0, 0.1) is 0 Å². The Morgan fingerprint density at radius 1 is 1.56 bits per heavy atom. The van der Waals surface area contributed by atoms with Gasteiger partial charge in [-0.3, -0.25) is 4.99 Å². The average molecular weight is 121 g/mol. The van der Waals surface area contributed by atoms with Crippen molar-refractivity contribution in [3.63, 3.8) is 0 Å². The quantitative estimate of drug-likeness (QED) is 0.451. The number of fused-ring (bicyclic) bond motifs is 1. The third-order valence-electron chi connectivity index (χ3n) is 1.45. The van der Waals surface area contributed by atoms with E-state index in [1.165, 1.54) is 0 Å². The van der Waals surface area contributed by atoms with E-state index < -0.39 is 0 Å². The first kappa shape index (κ1) is 4.73. The van der Waals surface area contributed by atoms with Gasteiger partial charge >= 0.3 is 0 Å². The number of hydrogen-bond donors (Lipinski definition) is 0. The maximum Gasteiger partial charge on any atom is 0.107 e. The van der Waals surface area contributed by atoms with Gasteiger partial charge in [-0.25, -0.2) is 5.01 Å². The first-order chi connectivity index (χ1) is 4.47. The van der Waals surface area contributed by atoms with Crippen LogP contribution in [0.2, 0.25) is 0 Å². The van der Waals surface area contributed by atoms with Crippen LogP contribution in [0.1, 0.15) is 0 Å². The molecule has 0 aliphatic carbocycles. The predicted octanol–water partition coefficient (Wildman–Crippen LogP) is 0.254. The number of rotatable bonds is 0. The highest BCUT2D eigenvalue weighted by molar-refractivity contribution is 5.74. The number of allylic oxidation sites excluding steroid dienone is 1. The second-order valence-corrected chi connectivity index (χ2v) is 2.08. The highest BCUT2D eigenvalue weighted by Crippen LogP contribution is 2.08. The molecule has 46 valence electrons. The Hall–Kier alpha value is -1.12. The summed E-state index contributed by atoms with van der Waals surface area (Å²) in [4.78, 5) is 4.06. The zero-order chi connectivity index (χ0) is 6.10. The Morgan fingerprint density at radius 3 is 3.44 bits per heavy atom. The molecular formula is C6H7N3. The Labute approximate surface area is 53.4 Å². The van der Waals surface area contributed by atoms with Crippen LogP contribution >= 0.6 is 0 Å². The lowest BCUT2D eigenvalue weighted by molar-refractivity contribution is 0.422. The summed E-state index contributed by atoms with van der Waals surface area (Å²) >= 11 is 0. The van der Waals surface area contributed by atoms with Gasteiger partial charge in [0.2, 0.25) is 0 Å². The monoisotopic (exact) mass is 121 g/mol. The van der Waals surface area contributed by atoms with Crippen molar-refractivity contribution in [3.8, 4) is 0 Å². The normalized spacial score (nSPS) is 29.3. The van der Waals surface area contributed by atoms with Crippen molar-refractivity contribution >= 4 is 12.6 Å². The molecule has 0 aromatic heterocycles. The Kier molecular flexibility index (Phi) is 0.886. The molecule has 2 rings (SSSR count). The van der Waals surface area contributed by atoms with E-state index in [0.29, 0.717) is 6.04 Å². The molecule has 0 aromatic rings. The van der Waals surface area contributed by atoms with Crippen molar-refractivity contribution in [2.24, 2.45) is 10.1 Å². The Bertz CT molecular complexity index is 192. The molecule has 1 atom stereocenters. The molecule has 1 unspecified atom stereocenters. The van der Waals surface area contributed by atoms with Gasteiger partial charge < -0.3 is 0 Å². The van der Waals surface area contributed by atoms with E-state index in [2.05, 4.69) is 16.2 Å². The van der Waals surface area contributed by atoms with Crippen LogP contribution in [0.4, 0.5) is 0 Å². The van der Waals surface area contributed by atoms with Gasteiger partial charge in [-0.2, -0.15) is 5.10 Å². The fraction of sp³-hybridized carbons (Fsp3) is 0.333. The summed E-state index contributed by atoms with van der Waals surface area (Å²) < 4.78 is 0. The number of hydrogen-bond acceptors (Lipinski definition) is 3. The van der Waals surface area contributed by atoms with E-state index in [9.17, 15) is 0 Å². The molecule has 0 N–H and O–H groups in total. The molecule has 9 heavy (non-hydrogen) atoms.